The predicted molar refractivity (Wildman–Crippen MR) is 106 cm³/mol. The van der Waals surface area contributed by atoms with Crippen LogP contribution in [-0.4, -0.2) is 46.1 Å². The summed E-state index contributed by atoms with van der Waals surface area (Å²) in [6.45, 7) is 0.982. The van der Waals surface area contributed by atoms with E-state index in [0.717, 1.165) is 24.1 Å². The van der Waals surface area contributed by atoms with E-state index in [-0.39, 0.29) is 42.1 Å². The third-order valence-corrected chi connectivity index (χ3v) is 5.77. The number of carbonyl (C=O) groups excluding carboxylic acids is 1. The molecule has 1 aromatic heterocycles. The number of nitrogens with one attached hydrogen (secondary N) is 2. The Labute approximate surface area is 164 Å². The predicted octanol–water partition coefficient (Wildman–Crippen LogP) is 1.54. The summed E-state index contributed by atoms with van der Waals surface area (Å²) in [6, 6.07) is 6.83. The number of benzene rings is 1. The van der Waals surface area contributed by atoms with Gasteiger partial charge in [0.2, 0.25) is 10.0 Å². The van der Waals surface area contributed by atoms with Crippen LogP contribution >= 0.6 is 12.4 Å². The molecule has 0 saturated carbocycles. The van der Waals surface area contributed by atoms with Gasteiger partial charge >= 0.3 is 0 Å². The van der Waals surface area contributed by atoms with E-state index in [2.05, 4.69) is 9.71 Å². The Morgan fingerprint density at radius 2 is 2.19 bits per heavy atom. The smallest absolute Gasteiger partial charge is 0.274 e. The van der Waals surface area contributed by atoms with Gasteiger partial charge in [0.05, 0.1) is 6.61 Å². The Hall–Kier alpha value is -2.07. The quantitative estimate of drug-likeness (QED) is 0.489. The number of hydrogen-bond donors (Lipinski definition) is 3. The number of nitrogen functional groups attached to an aromatic ring is 1. The summed E-state index contributed by atoms with van der Waals surface area (Å²) < 4.78 is 31.7. The van der Waals surface area contributed by atoms with Crippen LogP contribution in [0.2, 0.25) is 0 Å². The van der Waals surface area contributed by atoms with E-state index in [1.165, 1.54) is 19.4 Å². The number of fused-ring (bicyclic) bond motifs is 1. The third kappa shape index (κ3) is 4.44. The summed E-state index contributed by atoms with van der Waals surface area (Å²) in [5.41, 5.74) is 8.63. The minimum absolute atomic E-state index is 0. The second kappa shape index (κ2) is 8.75. The Balaban J connectivity index is 0.00000261. The van der Waals surface area contributed by atoms with E-state index in [1.54, 1.807) is 4.90 Å². The number of carbonyl (C=O) groups is 1. The van der Waals surface area contributed by atoms with Crippen molar-refractivity contribution in [2.75, 3.05) is 37.4 Å². The van der Waals surface area contributed by atoms with Gasteiger partial charge in [-0.25, -0.2) is 13.1 Å². The highest BCUT2D eigenvalue weighted by Crippen LogP contribution is 2.32. The number of aromatic nitrogens is 1. The van der Waals surface area contributed by atoms with Gasteiger partial charge in [0, 0.05) is 37.8 Å². The van der Waals surface area contributed by atoms with Crippen molar-refractivity contribution in [3.8, 4) is 0 Å². The average molecular weight is 415 g/mol. The van der Waals surface area contributed by atoms with Crippen LogP contribution in [0.25, 0.3) is 0 Å². The number of nitrogens with zero attached hydrogens (tertiary/aromatic N) is 1. The molecule has 2 aromatic rings. The lowest BCUT2D eigenvalue weighted by Gasteiger charge is -2.30. The Bertz CT molecular complexity index is 913. The zero-order chi connectivity index (χ0) is 18.7. The number of H-pyrrole nitrogens is 1. The molecular formula is C17H23ClN4O4S. The average Bonchev–Trinajstić information content (AvgIpc) is 3.12. The number of halogens is 1. The van der Waals surface area contributed by atoms with Crippen molar-refractivity contribution in [2.45, 2.75) is 17.7 Å². The van der Waals surface area contributed by atoms with Crippen LogP contribution in [0.1, 0.15) is 22.5 Å². The summed E-state index contributed by atoms with van der Waals surface area (Å²) in [4.78, 5) is 17.3. The van der Waals surface area contributed by atoms with Gasteiger partial charge in [-0.05, 0) is 36.6 Å². The lowest BCUT2D eigenvalue weighted by molar-refractivity contribution is 0.0981. The number of anilines is 2. The van der Waals surface area contributed by atoms with Crippen LogP contribution in [-0.2, 0) is 21.2 Å². The van der Waals surface area contributed by atoms with E-state index in [9.17, 15) is 13.2 Å². The van der Waals surface area contributed by atoms with Gasteiger partial charge in [-0.2, -0.15) is 0 Å². The van der Waals surface area contributed by atoms with E-state index in [1.807, 2.05) is 18.2 Å². The van der Waals surface area contributed by atoms with Crippen LogP contribution in [0.3, 0.4) is 0 Å². The normalized spacial score (nSPS) is 13.7. The highest BCUT2D eigenvalue weighted by molar-refractivity contribution is 7.89. The molecule has 0 fully saturated rings. The second-order valence-corrected chi connectivity index (χ2v) is 7.81. The zero-order valence-corrected chi connectivity index (χ0v) is 16.5. The number of ether oxygens (including phenoxy) is 1. The van der Waals surface area contributed by atoms with E-state index >= 15 is 0 Å². The SMILES string of the molecule is COCCNS(=O)(=O)c1c[nH]c(C(=O)N2CCCc3c(N)cccc32)c1.Cl. The monoisotopic (exact) mass is 414 g/mol. The minimum atomic E-state index is -3.70. The van der Waals surface area contributed by atoms with Gasteiger partial charge < -0.3 is 20.4 Å². The fraction of sp³-hybridized carbons (Fsp3) is 0.353. The molecule has 8 nitrogen and oxygen atoms in total. The van der Waals surface area contributed by atoms with E-state index in [0.29, 0.717) is 12.2 Å². The number of methoxy groups -OCH3 is 1. The molecule has 0 radical (unpaired) electrons. The minimum Gasteiger partial charge on any atom is -0.398 e. The molecule has 1 aliphatic heterocycles. The largest absolute Gasteiger partial charge is 0.398 e. The molecule has 1 aliphatic rings. The number of amides is 1. The molecule has 2 heterocycles. The molecule has 0 atom stereocenters. The topological polar surface area (TPSA) is 118 Å². The van der Waals surface area contributed by atoms with Crippen molar-refractivity contribution in [3.63, 3.8) is 0 Å². The molecule has 0 saturated heterocycles. The maximum atomic E-state index is 12.9. The molecular weight excluding hydrogens is 392 g/mol. The highest BCUT2D eigenvalue weighted by Gasteiger charge is 2.27. The number of nitrogens with two attached hydrogens (primary N) is 1. The first-order chi connectivity index (χ1) is 12.4. The Morgan fingerprint density at radius 1 is 1.41 bits per heavy atom. The number of sulfonamides is 1. The van der Waals surface area contributed by atoms with Crippen LogP contribution in [0.4, 0.5) is 11.4 Å². The van der Waals surface area contributed by atoms with E-state index in [4.69, 9.17) is 10.5 Å². The number of hydrogen-bond acceptors (Lipinski definition) is 5. The fourth-order valence-corrected chi connectivity index (χ4v) is 4.03. The van der Waals surface area contributed by atoms with Crippen molar-refractivity contribution in [2.24, 2.45) is 0 Å². The first-order valence-electron chi connectivity index (χ1n) is 8.30. The summed E-state index contributed by atoms with van der Waals surface area (Å²) in [5.74, 6) is -0.283. The fourth-order valence-electron chi connectivity index (χ4n) is 3.02. The second-order valence-electron chi connectivity index (χ2n) is 6.04. The van der Waals surface area contributed by atoms with Gasteiger partial charge in [0.15, 0.2) is 0 Å². The molecule has 3 rings (SSSR count). The summed E-state index contributed by atoms with van der Waals surface area (Å²) in [6.07, 6.45) is 2.93. The van der Waals surface area contributed by atoms with Gasteiger partial charge in [-0.15, -0.1) is 12.4 Å². The van der Waals surface area contributed by atoms with Gasteiger partial charge in [-0.3, -0.25) is 4.79 Å². The first kappa shape index (κ1) is 21.2. The summed E-state index contributed by atoms with van der Waals surface area (Å²) in [5, 5.41) is 0. The van der Waals surface area contributed by atoms with Crippen molar-refractivity contribution in [1.29, 1.82) is 0 Å². The molecule has 0 unspecified atom stereocenters. The summed E-state index contributed by atoms with van der Waals surface area (Å²) >= 11 is 0. The maximum absolute atomic E-state index is 12.9. The number of aromatic amines is 1. The highest BCUT2D eigenvalue weighted by atomic mass is 35.5. The van der Waals surface area contributed by atoms with Crippen molar-refractivity contribution in [1.82, 2.24) is 9.71 Å². The maximum Gasteiger partial charge on any atom is 0.274 e. The molecule has 0 bridgehead atoms. The lowest BCUT2D eigenvalue weighted by atomic mass is 9.99. The third-order valence-electron chi connectivity index (χ3n) is 4.33. The lowest BCUT2D eigenvalue weighted by Crippen LogP contribution is -2.36. The van der Waals surface area contributed by atoms with Crippen LogP contribution in [0.5, 0.6) is 0 Å². The molecule has 0 aliphatic carbocycles. The molecule has 27 heavy (non-hydrogen) atoms. The standard InChI is InChI=1S/C17H22N4O4S.ClH/c1-25-9-7-20-26(23,24)12-10-15(19-11-12)17(22)21-8-3-4-13-14(18)5-2-6-16(13)21;/h2,5-6,10-11,19-20H,3-4,7-9,18H2,1H3;1H. The Morgan fingerprint density at radius 3 is 2.93 bits per heavy atom. The molecule has 4 N–H and O–H groups in total. The number of rotatable bonds is 6. The molecule has 1 aromatic carbocycles. The zero-order valence-electron chi connectivity index (χ0n) is 14.9. The summed E-state index contributed by atoms with van der Waals surface area (Å²) in [7, 11) is -2.20. The molecule has 10 heteroatoms. The van der Waals surface area contributed by atoms with Gasteiger partial charge in [0.25, 0.3) is 5.91 Å². The molecule has 0 spiro atoms. The van der Waals surface area contributed by atoms with E-state index < -0.39 is 10.0 Å². The van der Waals surface area contributed by atoms with Crippen molar-refractivity contribution >= 4 is 39.7 Å². The van der Waals surface area contributed by atoms with Gasteiger partial charge in [0.1, 0.15) is 10.6 Å². The van der Waals surface area contributed by atoms with Crippen molar-refractivity contribution in [3.05, 3.63) is 41.7 Å². The molecule has 148 valence electrons. The van der Waals surface area contributed by atoms with Crippen molar-refractivity contribution < 1.29 is 17.9 Å². The van der Waals surface area contributed by atoms with Gasteiger partial charge in [-0.1, -0.05) is 6.07 Å². The van der Waals surface area contributed by atoms with Crippen LogP contribution in [0, 0.1) is 0 Å². The van der Waals surface area contributed by atoms with Crippen LogP contribution in [0.15, 0.2) is 35.4 Å². The Kier molecular flexibility index (Phi) is 6.88. The van der Waals surface area contributed by atoms with Crippen LogP contribution < -0.4 is 15.4 Å². The first-order valence-corrected chi connectivity index (χ1v) is 9.78. The molecule has 1 amide bonds.